The first-order chi connectivity index (χ1) is 7.13. The summed E-state index contributed by atoms with van der Waals surface area (Å²) in [7, 11) is -2.92. The van der Waals surface area contributed by atoms with Crippen LogP contribution in [0.15, 0.2) is 12.5 Å². The zero-order chi connectivity index (χ0) is 10.9. The van der Waals surface area contributed by atoms with E-state index in [0.717, 1.165) is 6.42 Å². The Balaban J connectivity index is 2.16. The van der Waals surface area contributed by atoms with Crippen molar-refractivity contribution in [2.75, 3.05) is 5.75 Å². The van der Waals surface area contributed by atoms with E-state index >= 15 is 0 Å². The zero-order valence-electron chi connectivity index (χ0n) is 8.33. The lowest BCUT2D eigenvalue weighted by Gasteiger charge is -2.11. The van der Waals surface area contributed by atoms with E-state index in [0.29, 0.717) is 24.4 Å². The number of hydrogen-bond acceptors (Lipinski definition) is 4. The van der Waals surface area contributed by atoms with Gasteiger partial charge in [0, 0.05) is 6.54 Å². The smallest absolute Gasteiger partial charge is 0.154 e. The second-order valence-electron chi connectivity index (χ2n) is 3.83. The fourth-order valence-electron chi connectivity index (χ4n) is 1.93. The number of aliphatic hydroxyl groups excluding tert-OH is 1. The van der Waals surface area contributed by atoms with Crippen LogP contribution in [0.4, 0.5) is 0 Å². The van der Waals surface area contributed by atoms with Crippen molar-refractivity contribution in [2.45, 2.75) is 31.2 Å². The largest absolute Gasteiger partial charge is 0.390 e. The summed E-state index contributed by atoms with van der Waals surface area (Å²) in [5.74, 6) is 0.292. The second kappa shape index (κ2) is 3.94. The van der Waals surface area contributed by atoms with E-state index < -0.39 is 9.84 Å². The van der Waals surface area contributed by atoms with Crippen LogP contribution in [-0.2, 0) is 23.0 Å². The minimum Gasteiger partial charge on any atom is -0.390 e. The summed E-state index contributed by atoms with van der Waals surface area (Å²) < 4.78 is 24.9. The Bertz CT molecular complexity index is 438. The molecule has 5 nitrogen and oxygen atoms in total. The lowest BCUT2D eigenvalue weighted by atomic mass is 10.2. The number of hydrogen-bond donors (Lipinski definition) is 1. The molecule has 1 fully saturated rings. The van der Waals surface area contributed by atoms with Gasteiger partial charge in [0.25, 0.3) is 0 Å². The standard InChI is InChI=1S/C9H14N2O3S/c12-6-8-4-10-7-11(8)5-9-2-1-3-15(9,13)14/h4,7,9,12H,1-3,5-6H2. The minimum absolute atomic E-state index is 0.104. The molecule has 0 radical (unpaired) electrons. The van der Waals surface area contributed by atoms with Crippen LogP contribution in [0, 0.1) is 0 Å². The highest BCUT2D eigenvalue weighted by Crippen LogP contribution is 2.21. The van der Waals surface area contributed by atoms with Crippen LogP contribution in [0.3, 0.4) is 0 Å². The lowest BCUT2D eigenvalue weighted by Crippen LogP contribution is -2.22. The van der Waals surface area contributed by atoms with Crippen LogP contribution in [0.5, 0.6) is 0 Å². The van der Waals surface area contributed by atoms with Gasteiger partial charge in [0.1, 0.15) is 0 Å². The maximum atomic E-state index is 11.6. The monoisotopic (exact) mass is 230 g/mol. The van der Waals surface area contributed by atoms with Gasteiger partial charge in [-0.05, 0) is 12.8 Å². The second-order valence-corrected chi connectivity index (χ2v) is 6.23. The van der Waals surface area contributed by atoms with Crippen LogP contribution >= 0.6 is 0 Å². The average Bonchev–Trinajstić information content (AvgIpc) is 2.74. The van der Waals surface area contributed by atoms with E-state index in [2.05, 4.69) is 4.98 Å². The van der Waals surface area contributed by atoms with Gasteiger partial charge in [-0.15, -0.1) is 0 Å². The summed E-state index contributed by atoms with van der Waals surface area (Å²) in [5, 5.41) is 8.69. The van der Waals surface area contributed by atoms with E-state index in [4.69, 9.17) is 5.11 Å². The van der Waals surface area contributed by atoms with Crippen LogP contribution < -0.4 is 0 Å². The van der Waals surface area contributed by atoms with Crippen molar-refractivity contribution in [2.24, 2.45) is 0 Å². The molecule has 0 saturated carbocycles. The maximum Gasteiger partial charge on any atom is 0.154 e. The van der Waals surface area contributed by atoms with Gasteiger partial charge in [-0.25, -0.2) is 13.4 Å². The van der Waals surface area contributed by atoms with Crippen molar-refractivity contribution in [1.29, 1.82) is 0 Å². The normalized spacial score (nSPS) is 24.5. The first-order valence-corrected chi connectivity index (χ1v) is 6.66. The summed E-state index contributed by atoms with van der Waals surface area (Å²) in [6.45, 7) is 0.311. The summed E-state index contributed by atoms with van der Waals surface area (Å²) in [6, 6.07) is 0. The quantitative estimate of drug-likeness (QED) is 0.790. The number of aliphatic hydroxyl groups is 1. The van der Waals surface area contributed by atoms with Gasteiger partial charge >= 0.3 is 0 Å². The molecule has 0 amide bonds. The highest BCUT2D eigenvalue weighted by atomic mass is 32.2. The first-order valence-electron chi connectivity index (χ1n) is 4.95. The Kier molecular flexibility index (Phi) is 2.79. The van der Waals surface area contributed by atoms with Crippen molar-refractivity contribution in [1.82, 2.24) is 9.55 Å². The lowest BCUT2D eigenvalue weighted by molar-refractivity contribution is 0.270. The van der Waals surface area contributed by atoms with Crippen molar-refractivity contribution in [3.05, 3.63) is 18.2 Å². The third kappa shape index (κ3) is 2.05. The third-order valence-corrected chi connectivity index (χ3v) is 5.08. The molecule has 0 aromatic carbocycles. The molecule has 2 rings (SSSR count). The molecule has 1 unspecified atom stereocenters. The number of sulfone groups is 1. The average molecular weight is 230 g/mol. The predicted molar refractivity (Wildman–Crippen MR) is 55.0 cm³/mol. The summed E-state index contributed by atoms with van der Waals surface area (Å²) in [5.41, 5.74) is 0.664. The molecular formula is C9H14N2O3S. The van der Waals surface area contributed by atoms with Crippen LogP contribution in [0.2, 0.25) is 0 Å². The Morgan fingerprint density at radius 2 is 2.40 bits per heavy atom. The Labute approximate surface area is 88.7 Å². The molecule has 2 heterocycles. The van der Waals surface area contributed by atoms with E-state index in [-0.39, 0.29) is 11.9 Å². The van der Waals surface area contributed by atoms with Crippen molar-refractivity contribution in [3.8, 4) is 0 Å². The van der Waals surface area contributed by atoms with Crippen molar-refractivity contribution >= 4 is 9.84 Å². The van der Waals surface area contributed by atoms with Crippen molar-refractivity contribution < 1.29 is 13.5 Å². The molecule has 15 heavy (non-hydrogen) atoms. The van der Waals surface area contributed by atoms with E-state index in [9.17, 15) is 8.42 Å². The van der Waals surface area contributed by atoms with Gasteiger partial charge in [-0.2, -0.15) is 0 Å². The molecule has 1 aromatic rings. The van der Waals surface area contributed by atoms with E-state index in [1.54, 1.807) is 17.1 Å². The highest BCUT2D eigenvalue weighted by molar-refractivity contribution is 7.92. The molecule has 1 atom stereocenters. The van der Waals surface area contributed by atoms with E-state index in [1.165, 1.54) is 0 Å². The molecule has 1 aliphatic rings. The summed E-state index contributed by atoms with van der Waals surface area (Å²) >= 11 is 0. The summed E-state index contributed by atoms with van der Waals surface area (Å²) in [6.07, 6.45) is 4.59. The molecule has 1 N–H and O–H groups in total. The van der Waals surface area contributed by atoms with Gasteiger partial charge in [0.15, 0.2) is 9.84 Å². The number of aromatic nitrogens is 2. The first kappa shape index (κ1) is 10.6. The molecule has 1 aromatic heterocycles. The third-order valence-electron chi connectivity index (χ3n) is 2.82. The van der Waals surface area contributed by atoms with E-state index in [1.807, 2.05) is 0 Å². The fraction of sp³-hybridized carbons (Fsp3) is 0.667. The van der Waals surface area contributed by atoms with Gasteiger partial charge in [0.05, 0.1) is 35.8 Å². The molecule has 1 aliphatic heterocycles. The Morgan fingerprint density at radius 3 is 3.00 bits per heavy atom. The van der Waals surface area contributed by atoms with Gasteiger partial charge < -0.3 is 9.67 Å². The van der Waals surface area contributed by atoms with Crippen molar-refractivity contribution in [3.63, 3.8) is 0 Å². The zero-order valence-corrected chi connectivity index (χ0v) is 9.15. The summed E-state index contributed by atoms with van der Waals surface area (Å²) in [4.78, 5) is 3.89. The Morgan fingerprint density at radius 1 is 1.60 bits per heavy atom. The van der Waals surface area contributed by atoms with Crippen LogP contribution in [0.1, 0.15) is 18.5 Å². The van der Waals surface area contributed by atoms with Crippen LogP contribution in [-0.4, -0.2) is 34.1 Å². The molecule has 0 aliphatic carbocycles. The number of imidazole rings is 1. The Hall–Kier alpha value is -0.880. The number of nitrogens with zero attached hydrogens (tertiary/aromatic N) is 2. The van der Waals surface area contributed by atoms with Gasteiger partial charge in [0.2, 0.25) is 0 Å². The predicted octanol–water partition coefficient (Wildman–Crippen LogP) is -0.0474. The highest BCUT2D eigenvalue weighted by Gasteiger charge is 2.31. The van der Waals surface area contributed by atoms with Gasteiger partial charge in [-0.1, -0.05) is 0 Å². The minimum atomic E-state index is -2.92. The van der Waals surface area contributed by atoms with Crippen LogP contribution in [0.25, 0.3) is 0 Å². The molecular weight excluding hydrogens is 216 g/mol. The molecule has 1 saturated heterocycles. The fourth-order valence-corrected chi connectivity index (χ4v) is 3.74. The molecule has 84 valence electrons. The van der Waals surface area contributed by atoms with Gasteiger partial charge in [-0.3, -0.25) is 0 Å². The molecule has 0 spiro atoms. The molecule has 0 bridgehead atoms. The topological polar surface area (TPSA) is 72.2 Å². The molecule has 6 heteroatoms. The SMILES string of the molecule is O=S1(=O)CCCC1Cn1cncc1CO. The maximum absolute atomic E-state index is 11.6. The number of rotatable bonds is 3.